The van der Waals surface area contributed by atoms with Crippen molar-refractivity contribution in [2.45, 2.75) is 41.5 Å². The zero-order valence-electron chi connectivity index (χ0n) is 65.5. The van der Waals surface area contributed by atoms with E-state index in [0.29, 0.717) is 0 Å². The lowest BCUT2D eigenvalue weighted by molar-refractivity contribution is 1.01. The average Bonchev–Trinajstić information content (AvgIpc) is 0.911. The maximum absolute atomic E-state index is 2.37. The molecule has 0 aliphatic rings. The first-order valence-electron chi connectivity index (χ1n) is 38.8. The summed E-state index contributed by atoms with van der Waals surface area (Å²) in [5, 5.41) is 14.0. The van der Waals surface area contributed by atoms with Crippen molar-refractivity contribution in [3.8, 4) is 33.4 Å². The molecule has 1 nitrogen and oxygen atoms in total. The molecule has 0 aliphatic carbocycles. The summed E-state index contributed by atoms with van der Waals surface area (Å²) in [4.78, 5) is 0. The van der Waals surface area contributed by atoms with E-state index in [0.717, 1.165) is 0 Å². The van der Waals surface area contributed by atoms with Gasteiger partial charge in [0.2, 0.25) is 0 Å². The van der Waals surface area contributed by atoms with Crippen LogP contribution in [0, 0.1) is 41.5 Å². The highest BCUT2D eigenvalue weighted by Crippen LogP contribution is 2.28. The van der Waals surface area contributed by atoms with E-state index < -0.39 is 16.1 Å². The third kappa shape index (κ3) is 19.9. The van der Waals surface area contributed by atoms with E-state index in [9.17, 15) is 0 Å². The van der Waals surface area contributed by atoms with Gasteiger partial charge in [0, 0.05) is 28.9 Å². The van der Waals surface area contributed by atoms with Crippen LogP contribution in [0.5, 0.6) is 0 Å². The Kier molecular flexibility index (Phi) is 28.0. The summed E-state index contributed by atoms with van der Waals surface area (Å²) in [5.41, 5.74) is 18.2. The summed E-state index contributed by atoms with van der Waals surface area (Å²) >= 11 is 0. The highest BCUT2D eigenvalue weighted by atomic mass is 28.3. The number of nitrogens with zero attached hydrogens (tertiary/aromatic N) is 1. The van der Waals surface area contributed by atoms with Crippen LogP contribution in [0.15, 0.2) is 473 Å². The van der Waals surface area contributed by atoms with Crippen molar-refractivity contribution in [1.29, 1.82) is 0 Å². The van der Waals surface area contributed by atoms with Gasteiger partial charge >= 0.3 is 0 Å². The lowest BCUT2D eigenvalue weighted by Crippen LogP contribution is -2.74. The van der Waals surface area contributed by atoms with E-state index in [1.165, 1.54) is 130 Å². The van der Waals surface area contributed by atoms with Crippen molar-refractivity contribution in [1.82, 2.24) is 4.57 Å². The molecule has 17 aromatic carbocycles. The Morgan fingerprint density at radius 2 is 0.420 bits per heavy atom. The molecular weight excluding hydrogens is 1380 g/mol. The van der Waals surface area contributed by atoms with Crippen molar-refractivity contribution in [3.05, 3.63) is 507 Å². The topological polar surface area (TPSA) is 4.93 Å². The van der Waals surface area contributed by atoms with Gasteiger partial charge in [-0.25, -0.2) is 0 Å². The number of fused-ring (bicyclic) bond motifs is 3. The molecule has 0 saturated carbocycles. The maximum Gasteiger partial charge on any atom is 0.179 e. The first-order valence-corrected chi connectivity index (χ1v) is 42.8. The van der Waals surface area contributed by atoms with Crippen LogP contribution in [0.4, 0.5) is 0 Å². The summed E-state index contributed by atoms with van der Waals surface area (Å²) < 4.78 is 2.24. The number of aromatic nitrogens is 1. The molecule has 18 aromatic rings. The quantitative estimate of drug-likeness (QED) is 0.0898. The first kappa shape index (κ1) is 78.6. The van der Waals surface area contributed by atoms with Crippen LogP contribution in [0.1, 0.15) is 33.4 Å². The summed E-state index contributed by atoms with van der Waals surface area (Å²) in [5.74, 6) is 0. The molecule has 0 unspecified atom stereocenters. The predicted molar refractivity (Wildman–Crippen MR) is 491 cm³/mol. The van der Waals surface area contributed by atoms with Crippen LogP contribution in [0.25, 0.3) is 55.2 Å². The Morgan fingerprint density at radius 3 is 0.786 bits per heavy atom. The zero-order chi connectivity index (χ0) is 77.6. The van der Waals surface area contributed by atoms with E-state index in [1.54, 1.807) is 0 Å². The smallest absolute Gasteiger partial charge is 0.179 e. The molecule has 0 radical (unpaired) electrons. The van der Waals surface area contributed by atoms with Gasteiger partial charge in [-0.05, 0) is 134 Å². The van der Waals surface area contributed by atoms with Crippen molar-refractivity contribution in [2.75, 3.05) is 0 Å². The third-order valence-corrected chi connectivity index (χ3v) is 30.0. The van der Waals surface area contributed by atoms with Crippen molar-refractivity contribution in [2.24, 2.45) is 7.05 Å². The van der Waals surface area contributed by atoms with E-state index in [-0.39, 0.29) is 0 Å². The Morgan fingerprint density at radius 1 is 0.170 bits per heavy atom. The van der Waals surface area contributed by atoms with Crippen LogP contribution in [0.3, 0.4) is 0 Å². The number of para-hydroxylation sites is 2. The number of hydrogen-bond donors (Lipinski definition) is 0. The molecular formula is C109H99NSi2. The monoisotopic (exact) mass is 1480 g/mol. The highest BCUT2D eigenvalue weighted by Gasteiger charge is 2.42. The molecule has 1 heterocycles. The molecule has 0 spiro atoms. The number of benzene rings is 17. The number of rotatable bonds is 11. The molecule has 1 aromatic heterocycles. The second-order valence-corrected chi connectivity index (χ2v) is 35.9. The maximum atomic E-state index is 2.37. The Balaban J connectivity index is 0.000000126. The molecule has 112 heavy (non-hydrogen) atoms. The highest BCUT2D eigenvalue weighted by molar-refractivity contribution is 7.20. The second kappa shape index (κ2) is 39.9. The van der Waals surface area contributed by atoms with Gasteiger partial charge in [-0.2, -0.15) is 0 Å². The predicted octanol–water partition coefficient (Wildman–Crippen LogP) is 23.1. The van der Waals surface area contributed by atoms with Crippen LogP contribution < -0.4 is 41.5 Å². The number of aryl methyl sites for hydroxylation is 7. The van der Waals surface area contributed by atoms with Gasteiger partial charge in [-0.15, -0.1) is 0 Å². The molecule has 0 fully saturated rings. The van der Waals surface area contributed by atoms with Crippen molar-refractivity contribution >= 4 is 79.4 Å². The fraction of sp³-hybridized carbons (Fsp3) is 0.0642. The fourth-order valence-corrected chi connectivity index (χ4v) is 24.4. The lowest BCUT2D eigenvalue weighted by Gasteiger charge is -2.34. The van der Waals surface area contributed by atoms with Gasteiger partial charge in [0.15, 0.2) is 16.1 Å². The standard InChI is InChI=1S/2C25H22Si.C13H11N.3C13H12.C7H8/c1-21-12-11-19-25(20-21)26(22-13-5-2-6-14-22,23-15-7-3-8-16-23)24-17-9-4-10-18-24;1-21-17-19-25(20-18-21)26(22-11-5-2-6-12-22,23-13-7-3-8-14-23)24-15-9-4-10-16-24;1-14-12-8-4-2-6-10(12)11-7-3-5-9-13(11)14;1-11-7-5-6-10-13(11)12-8-3-2-4-9-12;1-11-6-5-9-13(10-11)12-7-3-2-4-8-12;1-11-7-9-13(10-8-11)12-5-3-2-4-6-12;1-7-5-3-2-4-6-7/h2*2-20H,1H3;2-9H,1H3;3*2-10H,1H3;2-6H,1H3. The van der Waals surface area contributed by atoms with E-state index in [2.05, 4.69) is 490 Å². The molecule has 3 heteroatoms. The van der Waals surface area contributed by atoms with Gasteiger partial charge in [-0.1, -0.05) is 489 Å². The molecule has 18 rings (SSSR count). The van der Waals surface area contributed by atoms with Crippen LogP contribution in [-0.4, -0.2) is 20.7 Å². The minimum atomic E-state index is -2.33. The van der Waals surface area contributed by atoms with E-state index in [4.69, 9.17) is 0 Å². The summed E-state index contributed by atoms with van der Waals surface area (Å²) in [7, 11) is -2.54. The van der Waals surface area contributed by atoms with Gasteiger partial charge in [-0.3, -0.25) is 0 Å². The van der Waals surface area contributed by atoms with E-state index in [1.807, 2.05) is 36.4 Å². The summed E-state index contributed by atoms with van der Waals surface area (Å²) in [6.45, 7) is 12.8. The average molecular weight is 1480 g/mol. The van der Waals surface area contributed by atoms with Gasteiger partial charge in [0.25, 0.3) is 0 Å². The molecule has 0 N–H and O–H groups in total. The van der Waals surface area contributed by atoms with Gasteiger partial charge < -0.3 is 4.57 Å². The summed E-state index contributed by atoms with van der Waals surface area (Å²) in [6, 6.07) is 169. The van der Waals surface area contributed by atoms with Crippen molar-refractivity contribution < 1.29 is 0 Å². The molecule has 548 valence electrons. The first-order chi connectivity index (χ1) is 55.0. The largest absolute Gasteiger partial charge is 0.344 e. The van der Waals surface area contributed by atoms with Gasteiger partial charge in [0.05, 0.1) is 0 Å². The molecule has 0 bridgehead atoms. The Labute approximate surface area is 667 Å². The normalized spacial score (nSPS) is 10.6. The Bertz CT molecular complexity index is 5520. The van der Waals surface area contributed by atoms with E-state index >= 15 is 0 Å². The minimum absolute atomic E-state index is 1.28. The molecule has 0 atom stereocenters. The zero-order valence-corrected chi connectivity index (χ0v) is 67.5. The SMILES string of the molecule is Cc1ccc(-c2ccccc2)cc1.Cc1ccc([Si](c2ccccc2)(c2ccccc2)c2ccccc2)cc1.Cc1cccc(-c2ccccc2)c1.Cc1cccc([Si](c2ccccc2)(c2ccccc2)c2ccccc2)c1.Cc1ccccc1.Cc1ccccc1-c1ccccc1.Cn1c2ccccc2c2ccccc21. The third-order valence-electron chi connectivity index (χ3n) is 20.5. The summed E-state index contributed by atoms with van der Waals surface area (Å²) in [6.07, 6.45) is 0. The fourth-order valence-electron chi connectivity index (χ4n) is 14.8. The Hall–Kier alpha value is -13.0. The van der Waals surface area contributed by atoms with Gasteiger partial charge in [0.1, 0.15) is 0 Å². The van der Waals surface area contributed by atoms with Crippen LogP contribution >= 0.6 is 0 Å². The molecule has 0 amide bonds. The minimum Gasteiger partial charge on any atom is -0.344 e. The van der Waals surface area contributed by atoms with Crippen LogP contribution in [-0.2, 0) is 7.05 Å². The second-order valence-electron chi connectivity index (χ2n) is 28.3. The molecule has 0 saturated heterocycles. The molecule has 0 aliphatic heterocycles. The lowest BCUT2D eigenvalue weighted by atomic mass is 10.0. The number of hydrogen-bond acceptors (Lipinski definition) is 0. The van der Waals surface area contributed by atoms with Crippen LogP contribution in [0.2, 0.25) is 0 Å². The van der Waals surface area contributed by atoms with Crippen molar-refractivity contribution in [3.63, 3.8) is 0 Å².